The van der Waals surface area contributed by atoms with Crippen molar-refractivity contribution in [2.45, 2.75) is 24.6 Å². The first-order valence-electron chi connectivity index (χ1n) is 5.54. The van der Waals surface area contributed by atoms with Crippen molar-refractivity contribution in [1.82, 2.24) is 14.7 Å². The zero-order valence-corrected chi connectivity index (χ0v) is 11.5. The van der Waals surface area contributed by atoms with Gasteiger partial charge in [0.05, 0.1) is 0 Å². The molecule has 16 heavy (non-hydrogen) atoms. The van der Waals surface area contributed by atoms with Gasteiger partial charge in [-0.25, -0.2) is 4.98 Å². The molecule has 0 radical (unpaired) electrons. The zero-order chi connectivity index (χ0) is 11.6. The summed E-state index contributed by atoms with van der Waals surface area (Å²) in [5.41, 5.74) is 0. The van der Waals surface area contributed by atoms with Gasteiger partial charge < -0.3 is 10.1 Å². The van der Waals surface area contributed by atoms with Gasteiger partial charge in [0.2, 0.25) is 0 Å². The van der Waals surface area contributed by atoms with Gasteiger partial charge in [0, 0.05) is 25.5 Å². The molecule has 1 rings (SSSR count). The quantitative estimate of drug-likeness (QED) is 0.544. The molecule has 0 aromatic carbocycles. The van der Waals surface area contributed by atoms with E-state index in [4.69, 9.17) is 4.74 Å². The minimum absolute atomic E-state index is 0.812. The fourth-order valence-corrected chi connectivity index (χ4v) is 2.73. The van der Waals surface area contributed by atoms with Crippen molar-refractivity contribution in [3.63, 3.8) is 0 Å². The molecule has 0 atom stereocenters. The maximum Gasteiger partial charge on any atom is 0.170 e. The lowest BCUT2D eigenvalue weighted by atomic mass is 10.4. The number of nitrogens with zero attached hydrogens (tertiary/aromatic N) is 2. The Kier molecular flexibility index (Phi) is 7.75. The summed E-state index contributed by atoms with van der Waals surface area (Å²) in [6.45, 7) is 7.64. The lowest BCUT2D eigenvalue weighted by Gasteiger charge is -2.03. The van der Waals surface area contributed by atoms with Gasteiger partial charge >= 0.3 is 0 Å². The smallest absolute Gasteiger partial charge is 0.170 e. The Balaban J connectivity index is 1.88. The summed E-state index contributed by atoms with van der Waals surface area (Å²) in [5, 5.41) is 3.38. The number of aromatic nitrogens is 2. The Morgan fingerprint density at radius 1 is 1.44 bits per heavy atom. The van der Waals surface area contributed by atoms with Crippen molar-refractivity contribution in [1.29, 1.82) is 0 Å². The summed E-state index contributed by atoms with van der Waals surface area (Å²) in [4.78, 5) is 4.29. The van der Waals surface area contributed by atoms with Crippen LogP contribution in [-0.4, -0.2) is 41.4 Å². The highest BCUT2D eigenvalue weighted by atomic mass is 32.2. The second-order valence-electron chi connectivity index (χ2n) is 3.26. The molecule has 0 bridgehead atoms. The molecule has 92 valence electrons. The third-order valence-electron chi connectivity index (χ3n) is 1.86. The highest BCUT2D eigenvalue weighted by Crippen LogP contribution is 2.18. The molecular weight excluding hydrogens is 242 g/mol. The molecule has 4 nitrogen and oxygen atoms in total. The van der Waals surface area contributed by atoms with Crippen LogP contribution in [0.4, 0.5) is 0 Å². The van der Waals surface area contributed by atoms with Crippen LogP contribution in [0, 0.1) is 6.92 Å². The van der Waals surface area contributed by atoms with E-state index < -0.39 is 0 Å². The fourth-order valence-electron chi connectivity index (χ4n) is 1.12. The van der Waals surface area contributed by atoms with Crippen LogP contribution in [0.15, 0.2) is 4.34 Å². The van der Waals surface area contributed by atoms with Crippen LogP contribution in [0.1, 0.15) is 19.2 Å². The molecule has 6 heteroatoms. The van der Waals surface area contributed by atoms with Gasteiger partial charge in [0.1, 0.15) is 5.82 Å². The highest BCUT2D eigenvalue weighted by molar-refractivity contribution is 8.00. The molecule has 1 N–H and O–H groups in total. The Morgan fingerprint density at radius 3 is 3.00 bits per heavy atom. The van der Waals surface area contributed by atoms with Crippen molar-refractivity contribution in [3.05, 3.63) is 5.82 Å². The molecule has 0 fully saturated rings. The molecule has 1 aromatic heterocycles. The third-order valence-corrected chi connectivity index (χ3v) is 3.79. The van der Waals surface area contributed by atoms with E-state index in [-0.39, 0.29) is 0 Å². The van der Waals surface area contributed by atoms with Gasteiger partial charge in [-0.05, 0) is 38.3 Å². The predicted octanol–water partition coefficient (Wildman–Crippen LogP) is 1.95. The van der Waals surface area contributed by atoms with E-state index in [1.807, 2.05) is 13.8 Å². The molecule has 0 saturated heterocycles. The van der Waals surface area contributed by atoms with Crippen LogP contribution in [0.25, 0.3) is 0 Å². The molecule has 1 heterocycles. The van der Waals surface area contributed by atoms with Gasteiger partial charge in [-0.15, -0.1) is 0 Å². The molecule has 0 unspecified atom stereocenters. The third kappa shape index (κ3) is 6.42. The summed E-state index contributed by atoms with van der Waals surface area (Å²) in [5.74, 6) is 1.92. The largest absolute Gasteiger partial charge is 0.382 e. The van der Waals surface area contributed by atoms with Crippen molar-refractivity contribution < 1.29 is 4.74 Å². The van der Waals surface area contributed by atoms with Crippen LogP contribution >= 0.6 is 23.3 Å². The van der Waals surface area contributed by atoms with Crippen LogP contribution < -0.4 is 5.32 Å². The van der Waals surface area contributed by atoms with Gasteiger partial charge in [-0.1, -0.05) is 11.8 Å². The van der Waals surface area contributed by atoms with E-state index in [1.165, 1.54) is 11.5 Å². The van der Waals surface area contributed by atoms with Crippen molar-refractivity contribution >= 4 is 23.3 Å². The molecule has 0 aliphatic carbocycles. The standard InChI is InChI=1S/C10H19N3OS2/c1-3-14-7-4-5-11-6-8-15-10-12-9(2)13-16-10/h11H,3-8H2,1-2H3. The molecule has 1 aromatic rings. The number of rotatable bonds is 9. The van der Waals surface area contributed by atoms with Crippen LogP contribution in [0.2, 0.25) is 0 Å². The molecule has 0 amide bonds. The summed E-state index contributed by atoms with van der Waals surface area (Å²) in [6, 6.07) is 0. The minimum atomic E-state index is 0.812. The van der Waals surface area contributed by atoms with Gasteiger partial charge in [0.15, 0.2) is 4.34 Å². The Hall–Kier alpha value is -0.170. The zero-order valence-electron chi connectivity index (χ0n) is 9.86. The minimum Gasteiger partial charge on any atom is -0.382 e. The highest BCUT2D eigenvalue weighted by Gasteiger charge is 1.99. The van der Waals surface area contributed by atoms with E-state index in [0.717, 1.165) is 48.6 Å². The van der Waals surface area contributed by atoms with Crippen LogP contribution in [0.3, 0.4) is 0 Å². The Morgan fingerprint density at radius 2 is 2.31 bits per heavy atom. The van der Waals surface area contributed by atoms with E-state index in [0.29, 0.717) is 0 Å². The van der Waals surface area contributed by atoms with E-state index in [9.17, 15) is 0 Å². The second kappa shape index (κ2) is 8.92. The Bertz CT molecular complexity index is 281. The average molecular weight is 261 g/mol. The number of nitrogens with one attached hydrogen (secondary N) is 1. The number of thioether (sulfide) groups is 1. The van der Waals surface area contributed by atoms with Crippen molar-refractivity contribution in [3.8, 4) is 0 Å². The lowest BCUT2D eigenvalue weighted by Crippen LogP contribution is -2.19. The molecule has 0 aliphatic rings. The summed E-state index contributed by atoms with van der Waals surface area (Å²) >= 11 is 3.24. The van der Waals surface area contributed by atoms with Gasteiger partial charge in [0.25, 0.3) is 0 Å². The fraction of sp³-hybridized carbons (Fsp3) is 0.800. The first-order valence-corrected chi connectivity index (χ1v) is 7.30. The predicted molar refractivity (Wildman–Crippen MR) is 69.3 cm³/mol. The molecular formula is C10H19N3OS2. The molecule has 0 saturated carbocycles. The number of hydrogen-bond acceptors (Lipinski definition) is 6. The number of hydrogen-bond donors (Lipinski definition) is 1. The van der Waals surface area contributed by atoms with Crippen LogP contribution in [-0.2, 0) is 4.74 Å². The SMILES string of the molecule is CCOCCCNCCSc1nc(C)ns1. The lowest BCUT2D eigenvalue weighted by molar-refractivity contribution is 0.145. The van der Waals surface area contributed by atoms with Gasteiger partial charge in [-0.2, -0.15) is 4.37 Å². The van der Waals surface area contributed by atoms with Crippen LogP contribution in [0.5, 0.6) is 0 Å². The number of aryl methyl sites for hydroxylation is 1. The maximum absolute atomic E-state index is 5.25. The summed E-state index contributed by atoms with van der Waals surface area (Å²) in [6.07, 6.45) is 1.08. The summed E-state index contributed by atoms with van der Waals surface area (Å²) < 4.78 is 10.5. The van der Waals surface area contributed by atoms with E-state index >= 15 is 0 Å². The summed E-state index contributed by atoms with van der Waals surface area (Å²) in [7, 11) is 0. The van der Waals surface area contributed by atoms with Crippen molar-refractivity contribution in [2.75, 3.05) is 32.1 Å². The first kappa shape index (κ1) is 13.9. The van der Waals surface area contributed by atoms with Crippen molar-refractivity contribution in [2.24, 2.45) is 0 Å². The van der Waals surface area contributed by atoms with E-state index in [2.05, 4.69) is 14.7 Å². The monoisotopic (exact) mass is 261 g/mol. The number of ether oxygens (including phenoxy) is 1. The Labute approximate surface area is 105 Å². The topological polar surface area (TPSA) is 47.0 Å². The molecule has 0 spiro atoms. The van der Waals surface area contributed by atoms with E-state index in [1.54, 1.807) is 11.8 Å². The van der Waals surface area contributed by atoms with Gasteiger partial charge in [-0.3, -0.25) is 0 Å². The molecule has 0 aliphatic heterocycles. The average Bonchev–Trinajstić information content (AvgIpc) is 2.68. The maximum atomic E-state index is 5.25. The second-order valence-corrected chi connectivity index (χ2v) is 5.35. The first-order chi connectivity index (χ1) is 7.83. The normalized spacial score (nSPS) is 10.9.